The van der Waals surface area contributed by atoms with Crippen molar-refractivity contribution in [2.24, 2.45) is 23.3 Å². The number of H-pyrrole nitrogens is 1. The van der Waals surface area contributed by atoms with Crippen molar-refractivity contribution in [3.63, 3.8) is 0 Å². The summed E-state index contributed by atoms with van der Waals surface area (Å²) in [5, 5.41) is 24.7. The van der Waals surface area contributed by atoms with Crippen LogP contribution in [0.15, 0.2) is 91.1 Å². The molecule has 11 N–H and O–H groups in total. The largest absolute Gasteiger partial charge is 0.480 e. The molecule has 0 saturated carbocycles. The maximum Gasteiger partial charge on any atom is 0.326 e. The van der Waals surface area contributed by atoms with E-state index in [2.05, 4.69) is 31.6 Å². The summed E-state index contributed by atoms with van der Waals surface area (Å²) in [7, 11) is 0. The number of para-hydroxylation sites is 1. The Hall–Kier alpha value is -6.06. The van der Waals surface area contributed by atoms with Gasteiger partial charge in [-0.15, -0.1) is 0 Å². The number of nitrogens with two attached hydrogens (primary N) is 2. The van der Waals surface area contributed by atoms with Crippen molar-refractivity contribution in [2.75, 3.05) is 6.54 Å². The van der Waals surface area contributed by atoms with Crippen molar-refractivity contribution in [3.8, 4) is 0 Å². The van der Waals surface area contributed by atoms with Crippen LogP contribution in [0, 0.1) is 11.8 Å². The Kier molecular flexibility index (Phi) is 19.1. The van der Waals surface area contributed by atoms with Crippen LogP contribution < -0.4 is 38.1 Å². The standard InChI is InChI=1S/C47H64N8O7/c1-5-29(3)40(49)45(59)54-38(26-32-19-11-8-12-20-32)43(57)52-37(25-31-17-9-7-10-18-31)42(56)53-39(27-33-28-50-35-22-14-13-21-34(33)35)44(58)55-41(30(4)6-2)46(60)51-36(47(61)62)23-15-16-24-48/h7-14,17-22,28-30,36-41,50H,5-6,15-16,23-27,48-49H2,1-4H3,(H,51,60)(H,52,57)(H,53,56)(H,54,59)(H,55,58)(H,61,62)/t29-,30-,36-,37-,38-,39-,40-,41-/m0/s1. The van der Waals surface area contributed by atoms with Crippen LogP contribution in [0.25, 0.3) is 10.9 Å². The maximum absolute atomic E-state index is 14.6. The summed E-state index contributed by atoms with van der Waals surface area (Å²) < 4.78 is 0. The molecule has 0 radical (unpaired) electrons. The molecule has 334 valence electrons. The van der Waals surface area contributed by atoms with Gasteiger partial charge in [0.05, 0.1) is 6.04 Å². The lowest BCUT2D eigenvalue weighted by molar-refractivity contribution is -0.143. The summed E-state index contributed by atoms with van der Waals surface area (Å²) in [6.45, 7) is 7.78. The number of unbranched alkanes of at least 4 members (excludes halogenated alkanes) is 1. The van der Waals surface area contributed by atoms with Gasteiger partial charge in [0.2, 0.25) is 29.5 Å². The summed E-state index contributed by atoms with van der Waals surface area (Å²) >= 11 is 0. The van der Waals surface area contributed by atoms with Crippen LogP contribution >= 0.6 is 0 Å². The van der Waals surface area contributed by atoms with E-state index in [1.54, 1.807) is 25.3 Å². The van der Waals surface area contributed by atoms with E-state index in [1.807, 2.05) is 93.6 Å². The van der Waals surface area contributed by atoms with Gasteiger partial charge in [0, 0.05) is 36.4 Å². The fourth-order valence-electron chi connectivity index (χ4n) is 7.14. The third-order valence-corrected chi connectivity index (χ3v) is 11.5. The second kappa shape index (κ2) is 24.4. The Bertz CT molecular complexity index is 2080. The third-order valence-electron chi connectivity index (χ3n) is 11.5. The Morgan fingerprint density at radius 1 is 0.597 bits per heavy atom. The highest BCUT2D eigenvalue weighted by Gasteiger charge is 2.35. The number of benzene rings is 3. The number of amides is 5. The van der Waals surface area contributed by atoms with Gasteiger partial charge in [0.1, 0.15) is 30.2 Å². The van der Waals surface area contributed by atoms with Gasteiger partial charge in [-0.3, -0.25) is 24.0 Å². The van der Waals surface area contributed by atoms with E-state index in [0.717, 1.165) is 22.0 Å². The van der Waals surface area contributed by atoms with Gasteiger partial charge < -0.3 is 48.1 Å². The number of hydrogen-bond donors (Lipinski definition) is 9. The van der Waals surface area contributed by atoms with Crippen LogP contribution in [0.5, 0.6) is 0 Å². The number of hydrogen-bond acceptors (Lipinski definition) is 8. The molecule has 0 aliphatic rings. The first kappa shape index (κ1) is 48.6. The Labute approximate surface area is 363 Å². The lowest BCUT2D eigenvalue weighted by Gasteiger charge is -2.29. The molecule has 0 spiro atoms. The topological polar surface area (TPSA) is 251 Å². The first-order valence-corrected chi connectivity index (χ1v) is 21.6. The minimum absolute atomic E-state index is 0.000530. The first-order valence-electron chi connectivity index (χ1n) is 21.6. The van der Waals surface area contributed by atoms with Gasteiger partial charge in [-0.05, 0) is 60.4 Å². The number of nitrogens with one attached hydrogen (secondary N) is 6. The molecule has 0 aliphatic heterocycles. The molecule has 15 heteroatoms. The maximum atomic E-state index is 14.6. The summed E-state index contributed by atoms with van der Waals surface area (Å²) in [5.41, 5.74) is 14.9. The molecule has 0 saturated heterocycles. The van der Waals surface area contributed by atoms with Gasteiger partial charge in [-0.2, -0.15) is 0 Å². The molecule has 62 heavy (non-hydrogen) atoms. The monoisotopic (exact) mass is 852 g/mol. The van der Waals surface area contributed by atoms with E-state index in [-0.39, 0.29) is 31.6 Å². The average Bonchev–Trinajstić information content (AvgIpc) is 3.69. The molecule has 0 aliphatic carbocycles. The molecule has 0 fully saturated rings. The lowest BCUT2D eigenvalue weighted by Crippen LogP contribution is -2.61. The number of aromatic nitrogens is 1. The van der Waals surface area contributed by atoms with Crippen LogP contribution in [0.1, 0.15) is 76.5 Å². The van der Waals surface area contributed by atoms with Crippen LogP contribution in [0.3, 0.4) is 0 Å². The summed E-state index contributed by atoms with van der Waals surface area (Å²) in [5.74, 6) is -4.94. The van der Waals surface area contributed by atoms with E-state index < -0.39 is 77.7 Å². The van der Waals surface area contributed by atoms with E-state index in [4.69, 9.17) is 11.5 Å². The number of carboxylic acids is 1. The zero-order valence-electron chi connectivity index (χ0n) is 36.2. The summed E-state index contributed by atoms with van der Waals surface area (Å²) in [6, 6.07) is 18.9. The predicted octanol–water partition coefficient (Wildman–Crippen LogP) is 3.25. The van der Waals surface area contributed by atoms with E-state index in [1.165, 1.54) is 0 Å². The average molecular weight is 853 g/mol. The zero-order valence-corrected chi connectivity index (χ0v) is 36.2. The minimum Gasteiger partial charge on any atom is -0.480 e. The third kappa shape index (κ3) is 14.3. The fraction of sp³-hybridized carbons (Fsp3) is 0.447. The number of fused-ring (bicyclic) bond motifs is 1. The highest BCUT2D eigenvalue weighted by molar-refractivity contribution is 5.97. The number of carbonyl (C=O) groups is 6. The number of rotatable bonds is 25. The molecule has 4 rings (SSSR count). The molecule has 1 heterocycles. The molecule has 4 aromatic rings. The number of carbonyl (C=O) groups excluding carboxylic acids is 5. The molecular weight excluding hydrogens is 789 g/mol. The van der Waals surface area contributed by atoms with E-state index in [0.29, 0.717) is 37.8 Å². The number of aliphatic carboxylic acids is 1. The first-order chi connectivity index (χ1) is 29.8. The number of carboxylic acid groups (broad SMARTS) is 1. The minimum atomic E-state index is -1.26. The Balaban J connectivity index is 1.68. The van der Waals surface area contributed by atoms with Gasteiger partial charge >= 0.3 is 5.97 Å². The highest BCUT2D eigenvalue weighted by atomic mass is 16.4. The molecule has 3 aromatic carbocycles. The summed E-state index contributed by atoms with van der Waals surface area (Å²) in [4.78, 5) is 85.9. The van der Waals surface area contributed by atoms with Gasteiger partial charge in [0.15, 0.2) is 0 Å². The number of aromatic amines is 1. The van der Waals surface area contributed by atoms with Crippen molar-refractivity contribution in [1.82, 2.24) is 31.6 Å². The molecule has 5 amide bonds. The molecule has 0 bridgehead atoms. The van der Waals surface area contributed by atoms with Crippen molar-refractivity contribution in [3.05, 3.63) is 108 Å². The van der Waals surface area contributed by atoms with Crippen LogP contribution in [0.4, 0.5) is 0 Å². The van der Waals surface area contributed by atoms with Gasteiger partial charge in [0.25, 0.3) is 0 Å². The summed E-state index contributed by atoms with van der Waals surface area (Å²) in [6.07, 6.45) is 4.25. The smallest absolute Gasteiger partial charge is 0.326 e. The second-order valence-electron chi connectivity index (χ2n) is 16.1. The normalized spacial score (nSPS) is 15.1. The van der Waals surface area contributed by atoms with Crippen LogP contribution in [-0.4, -0.2) is 88.4 Å². The zero-order chi connectivity index (χ0) is 45.2. The van der Waals surface area contributed by atoms with Crippen molar-refractivity contribution in [2.45, 2.75) is 115 Å². The molecule has 8 atom stereocenters. The van der Waals surface area contributed by atoms with Gasteiger partial charge in [-0.1, -0.05) is 119 Å². The SMILES string of the molecule is CC[C@H](C)[C@H](N)C(=O)N[C@@H](Cc1ccccc1)C(=O)N[C@@H](Cc1ccccc1)C(=O)N[C@@H](Cc1c[nH]c2ccccc12)C(=O)N[C@H](C(=O)N[C@@H](CCCCN)C(=O)O)[C@@H](C)CC. The van der Waals surface area contributed by atoms with Crippen LogP contribution in [0.2, 0.25) is 0 Å². The van der Waals surface area contributed by atoms with Gasteiger partial charge in [-0.25, -0.2) is 4.79 Å². The molecule has 1 aromatic heterocycles. The van der Waals surface area contributed by atoms with Crippen LogP contribution in [-0.2, 0) is 48.0 Å². The fourth-order valence-corrected chi connectivity index (χ4v) is 7.14. The van der Waals surface area contributed by atoms with E-state index in [9.17, 15) is 33.9 Å². The Morgan fingerprint density at radius 2 is 1.08 bits per heavy atom. The van der Waals surface area contributed by atoms with Crippen molar-refractivity contribution >= 4 is 46.4 Å². The van der Waals surface area contributed by atoms with E-state index >= 15 is 0 Å². The Morgan fingerprint density at radius 3 is 1.61 bits per heavy atom. The molecular formula is C47H64N8O7. The van der Waals surface area contributed by atoms with Crippen molar-refractivity contribution < 1.29 is 33.9 Å². The van der Waals surface area contributed by atoms with Crippen molar-refractivity contribution in [1.29, 1.82) is 0 Å². The molecule has 0 unspecified atom stereocenters. The second-order valence-corrected chi connectivity index (χ2v) is 16.1. The molecule has 15 nitrogen and oxygen atoms in total. The predicted molar refractivity (Wildman–Crippen MR) is 239 cm³/mol. The highest BCUT2D eigenvalue weighted by Crippen LogP contribution is 2.20. The lowest BCUT2D eigenvalue weighted by atomic mass is 9.96. The quantitative estimate of drug-likeness (QED) is 0.0444.